The van der Waals surface area contributed by atoms with Crippen LogP contribution in [0.5, 0.6) is 5.75 Å². The molecule has 0 radical (unpaired) electrons. The Bertz CT molecular complexity index is 2020. The summed E-state index contributed by atoms with van der Waals surface area (Å²) in [4.78, 5) is 44.4. The Hall–Kier alpha value is -5.41. The van der Waals surface area contributed by atoms with Crippen LogP contribution in [-0.2, 0) is 16.1 Å². The third-order valence-corrected chi connectivity index (χ3v) is 7.46. The summed E-state index contributed by atoms with van der Waals surface area (Å²) in [5.74, 6) is -4.76. The van der Waals surface area contributed by atoms with Gasteiger partial charge in [-0.3, -0.25) is 19.1 Å². The highest BCUT2D eigenvalue weighted by molar-refractivity contribution is 6.06. The van der Waals surface area contributed by atoms with Crippen molar-refractivity contribution in [1.29, 1.82) is 0 Å². The Morgan fingerprint density at radius 2 is 1.87 bits per heavy atom. The Balaban J connectivity index is 1.25. The number of hydrogen-bond acceptors (Lipinski definition) is 7. The Morgan fingerprint density at radius 1 is 1.09 bits per heavy atom. The molecule has 6 rings (SSSR count). The van der Waals surface area contributed by atoms with E-state index >= 15 is 0 Å². The zero-order valence-corrected chi connectivity index (χ0v) is 24.2. The van der Waals surface area contributed by atoms with Gasteiger partial charge in [-0.1, -0.05) is 12.1 Å². The van der Waals surface area contributed by atoms with Crippen LogP contribution in [0, 0.1) is 12.7 Å². The number of aryl methyl sites for hydroxylation is 1. The number of carbonyl (C=O) groups is 3. The number of fused-ring (bicyclic) bond motifs is 2. The van der Waals surface area contributed by atoms with E-state index in [1.165, 1.54) is 11.6 Å². The van der Waals surface area contributed by atoms with Gasteiger partial charge in [-0.2, -0.15) is 10.2 Å². The lowest BCUT2D eigenvalue weighted by molar-refractivity contribution is -0.275. The third kappa shape index (κ3) is 5.97. The number of aromatic nitrogens is 5. The molecule has 1 fully saturated rings. The fourth-order valence-electron chi connectivity index (χ4n) is 5.44. The molecule has 0 aliphatic carbocycles. The molecule has 0 unspecified atom stereocenters. The smallest absolute Gasteiger partial charge is 0.403 e. The maximum Gasteiger partial charge on any atom is 0.573 e. The monoisotopic (exact) mass is 641 g/mol. The predicted molar refractivity (Wildman–Crippen MR) is 153 cm³/mol. The molecule has 1 N–H and O–H groups in total. The van der Waals surface area contributed by atoms with E-state index < -0.39 is 67.2 Å². The lowest BCUT2D eigenvalue weighted by atomic mass is 10.0. The largest absolute Gasteiger partial charge is 0.573 e. The van der Waals surface area contributed by atoms with Crippen molar-refractivity contribution in [1.82, 2.24) is 29.3 Å². The van der Waals surface area contributed by atoms with Gasteiger partial charge in [0.15, 0.2) is 23.0 Å². The molecule has 2 aromatic carbocycles. The highest BCUT2D eigenvalue weighted by Crippen LogP contribution is 2.31. The first-order valence-corrected chi connectivity index (χ1v) is 13.9. The Kier molecular flexibility index (Phi) is 7.65. The summed E-state index contributed by atoms with van der Waals surface area (Å²) in [7, 11) is 0. The van der Waals surface area contributed by atoms with Crippen LogP contribution in [0.3, 0.4) is 0 Å². The van der Waals surface area contributed by atoms with Crippen LogP contribution in [0.15, 0.2) is 54.9 Å². The van der Waals surface area contributed by atoms with E-state index in [0.29, 0.717) is 27.7 Å². The van der Waals surface area contributed by atoms with Crippen molar-refractivity contribution in [3.63, 3.8) is 0 Å². The van der Waals surface area contributed by atoms with Crippen molar-refractivity contribution in [3.05, 3.63) is 72.1 Å². The summed E-state index contributed by atoms with van der Waals surface area (Å²) >= 11 is 0. The number of benzene rings is 2. The standard InChI is InChI=1S/C30H24F5N7O4/c1-15-8-25-36-11-18(12-42(25)38-15)17-6-7-22-20(9-17)28(16(2)43)39-41(22)14-26(44)40-13-19(31)10-23(40)29(45)37-21-4-3-5-24(27(21)32)46-30(33,34)35/h3-9,11-12,19,23H,10,13-14H2,1-2H3,(H,37,45)/t19-,23+/m1/s1. The predicted octanol–water partition coefficient (Wildman–Crippen LogP) is 4.87. The SMILES string of the molecule is CC(=O)c1nn(CC(=O)N2C[C@H](F)C[C@H]2C(=O)Nc2cccc(OC(F)(F)F)c2F)c2ccc(-c3cnc4cc(C)nn4c3)cc12. The minimum absolute atomic E-state index is 0.0872. The molecule has 4 heterocycles. The number of anilines is 1. The third-order valence-electron chi connectivity index (χ3n) is 7.46. The molecule has 46 heavy (non-hydrogen) atoms. The molecule has 16 heteroatoms. The van der Waals surface area contributed by atoms with Crippen molar-refractivity contribution in [2.75, 3.05) is 11.9 Å². The molecule has 2 atom stereocenters. The minimum atomic E-state index is -5.18. The molecule has 0 spiro atoms. The van der Waals surface area contributed by atoms with Crippen molar-refractivity contribution in [2.45, 2.75) is 45.4 Å². The van der Waals surface area contributed by atoms with E-state index in [4.69, 9.17) is 0 Å². The second kappa shape index (κ2) is 11.5. The number of hydrogen-bond donors (Lipinski definition) is 1. The van der Waals surface area contributed by atoms with Crippen LogP contribution >= 0.6 is 0 Å². The number of nitrogens with one attached hydrogen (secondary N) is 1. The normalized spacial score (nSPS) is 16.7. The first kappa shape index (κ1) is 30.6. The van der Waals surface area contributed by atoms with Gasteiger partial charge >= 0.3 is 6.36 Å². The van der Waals surface area contributed by atoms with Crippen molar-refractivity contribution >= 4 is 39.8 Å². The highest BCUT2D eigenvalue weighted by Gasteiger charge is 2.40. The summed E-state index contributed by atoms with van der Waals surface area (Å²) in [6.07, 6.45) is -3.75. The van der Waals surface area contributed by atoms with Gasteiger partial charge in [0.05, 0.1) is 23.4 Å². The highest BCUT2D eigenvalue weighted by atomic mass is 19.4. The number of amides is 2. The van der Waals surface area contributed by atoms with E-state index in [2.05, 4.69) is 25.2 Å². The Morgan fingerprint density at radius 3 is 2.61 bits per heavy atom. The molecule has 1 saturated heterocycles. The fourth-order valence-corrected chi connectivity index (χ4v) is 5.44. The van der Waals surface area contributed by atoms with E-state index in [0.717, 1.165) is 28.8 Å². The average Bonchev–Trinajstić information content (AvgIpc) is 3.67. The maximum atomic E-state index is 14.7. The van der Waals surface area contributed by atoms with Crippen molar-refractivity contribution in [3.8, 4) is 16.9 Å². The van der Waals surface area contributed by atoms with Crippen LogP contribution in [0.4, 0.5) is 27.6 Å². The molecule has 1 aliphatic rings. The molecule has 2 amide bonds. The van der Waals surface area contributed by atoms with Gasteiger partial charge in [0.25, 0.3) is 0 Å². The van der Waals surface area contributed by atoms with Crippen LogP contribution in [0.1, 0.15) is 29.5 Å². The zero-order chi connectivity index (χ0) is 32.9. The number of ether oxygens (including phenoxy) is 1. The molecule has 3 aromatic heterocycles. The first-order chi connectivity index (χ1) is 21.8. The van der Waals surface area contributed by atoms with E-state index in [1.54, 1.807) is 35.1 Å². The van der Waals surface area contributed by atoms with E-state index in [9.17, 15) is 36.3 Å². The van der Waals surface area contributed by atoms with Crippen molar-refractivity contribution in [2.24, 2.45) is 0 Å². The van der Waals surface area contributed by atoms with Gasteiger partial charge in [-0.05, 0) is 36.8 Å². The summed E-state index contributed by atoms with van der Waals surface area (Å²) < 4.78 is 73.6. The minimum Gasteiger partial charge on any atom is -0.403 e. The molecule has 0 saturated carbocycles. The first-order valence-electron chi connectivity index (χ1n) is 13.9. The molecule has 0 bridgehead atoms. The second-order valence-electron chi connectivity index (χ2n) is 10.8. The number of carbonyl (C=O) groups excluding carboxylic acids is 3. The summed E-state index contributed by atoms with van der Waals surface area (Å²) in [6.45, 7) is 2.24. The second-order valence-corrected chi connectivity index (χ2v) is 10.8. The topological polar surface area (TPSA) is 124 Å². The number of ketones is 1. The van der Waals surface area contributed by atoms with Gasteiger partial charge in [0.2, 0.25) is 11.8 Å². The lowest BCUT2D eigenvalue weighted by Gasteiger charge is -2.24. The number of nitrogens with zero attached hydrogens (tertiary/aromatic N) is 6. The number of Topliss-reactive ketones (excluding diaryl/α,β-unsaturated/α-hetero) is 1. The van der Waals surface area contributed by atoms with Crippen molar-refractivity contribution < 1.29 is 41.1 Å². The van der Waals surface area contributed by atoms with Gasteiger partial charge < -0.3 is 15.0 Å². The van der Waals surface area contributed by atoms with Gasteiger partial charge in [-0.25, -0.2) is 18.3 Å². The van der Waals surface area contributed by atoms with Gasteiger partial charge in [0.1, 0.15) is 24.5 Å². The van der Waals surface area contributed by atoms with E-state index in [1.807, 2.05) is 13.0 Å². The van der Waals surface area contributed by atoms with Gasteiger partial charge in [-0.15, -0.1) is 13.2 Å². The summed E-state index contributed by atoms with van der Waals surface area (Å²) in [5.41, 5.74) is 2.74. The zero-order valence-electron chi connectivity index (χ0n) is 24.2. The van der Waals surface area contributed by atoms with Crippen LogP contribution in [0.25, 0.3) is 27.7 Å². The number of halogens is 5. The molecular weight excluding hydrogens is 617 g/mol. The van der Waals surface area contributed by atoms with Crippen LogP contribution in [-0.4, -0.2) is 72.0 Å². The van der Waals surface area contributed by atoms with Crippen LogP contribution in [0.2, 0.25) is 0 Å². The summed E-state index contributed by atoms with van der Waals surface area (Å²) in [5, 5.41) is 11.3. The number of alkyl halides is 4. The van der Waals surface area contributed by atoms with Crippen LogP contribution < -0.4 is 10.1 Å². The lowest BCUT2D eigenvalue weighted by Crippen LogP contribution is -2.44. The maximum absolute atomic E-state index is 14.7. The number of likely N-dealkylation sites (tertiary alicyclic amines) is 1. The molecular formula is C30H24F5N7O4. The quantitative estimate of drug-likeness (QED) is 0.199. The Labute approximate surface area is 256 Å². The average molecular weight is 642 g/mol. The molecule has 5 aromatic rings. The van der Waals surface area contributed by atoms with E-state index in [-0.39, 0.29) is 11.5 Å². The summed E-state index contributed by atoms with van der Waals surface area (Å²) in [6, 6.07) is 8.33. The fraction of sp³-hybridized carbons (Fsp3) is 0.267. The van der Waals surface area contributed by atoms with Gasteiger partial charge in [0, 0.05) is 42.8 Å². The molecule has 238 valence electrons. The molecule has 11 nitrogen and oxygen atoms in total. The molecule has 1 aliphatic heterocycles. The number of rotatable bonds is 7.